The van der Waals surface area contributed by atoms with Gasteiger partial charge in [0.1, 0.15) is 11.9 Å². The molecule has 0 amide bonds. The van der Waals surface area contributed by atoms with E-state index >= 15 is 0 Å². The van der Waals surface area contributed by atoms with Crippen molar-refractivity contribution < 1.29 is 13.2 Å². The van der Waals surface area contributed by atoms with Crippen molar-refractivity contribution in [2.45, 2.75) is 24.3 Å². The monoisotopic (exact) mass is 387 g/mol. The van der Waals surface area contributed by atoms with Gasteiger partial charge in [0.15, 0.2) is 5.13 Å². The van der Waals surface area contributed by atoms with Gasteiger partial charge in [-0.25, -0.2) is 13.4 Å². The van der Waals surface area contributed by atoms with Gasteiger partial charge in [-0.1, -0.05) is 18.5 Å². The Morgan fingerprint density at radius 2 is 2.29 bits per heavy atom. The first-order valence-electron chi connectivity index (χ1n) is 7.55. The largest absolute Gasteiger partial charge is 0.488 e. The topological polar surface area (TPSA) is 80.3 Å². The molecule has 2 atom stereocenters. The summed E-state index contributed by atoms with van der Waals surface area (Å²) in [6.45, 7) is 3.91. The minimum absolute atomic E-state index is 0.0691. The first kappa shape index (κ1) is 17.5. The Labute approximate surface area is 150 Å². The van der Waals surface area contributed by atoms with Crippen molar-refractivity contribution in [1.29, 1.82) is 0 Å². The summed E-state index contributed by atoms with van der Waals surface area (Å²) in [4.78, 5) is 3.99. The van der Waals surface area contributed by atoms with Crippen molar-refractivity contribution in [2.24, 2.45) is 5.92 Å². The molecule has 24 heavy (non-hydrogen) atoms. The van der Waals surface area contributed by atoms with Gasteiger partial charge in [-0.2, -0.15) is 0 Å². The second kappa shape index (κ2) is 7.26. The number of thiazole rings is 1. The molecular weight excluding hydrogens is 370 g/mol. The van der Waals surface area contributed by atoms with Gasteiger partial charge in [0, 0.05) is 24.0 Å². The first-order chi connectivity index (χ1) is 11.5. The van der Waals surface area contributed by atoms with Crippen LogP contribution in [0.2, 0.25) is 5.02 Å². The number of sulfonamides is 1. The zero-order valence-electron chi connectivity index (χ0n) is 13.0. The van der Waals surface area contributed by atoms with E-state index in [2.05, 4.69) is 21.9 Å². The Balaban J connectivity index is 1.76. The van der Waals surface area contributed by atoms with Crippen molar-refractivity contribution in [2.75, 3.05) is 17.8 Å². The predicted molar refractivity (Wildman–Crippen MR) is 95.4 cm³/mol. The SMILES string of the molecule is CC1CNCCC1Oc1ccc(S(=O)(=O)Nc2nccs2)cc1Cl. The number of ether oxygens (including phenoxy) is 1. The molecule has 2 aromatic rings. The molecule has 1 saturated heterocycles. The van der Waals surface area contributed by atoms with Crippen LogP contribution in [0.4, 0.5) is 5.13 Å². The van der Waals surface area contributed by atoms with E-state index in [4.69, 9.17) is 16.3 Å². The Hall–Kier alpha value is -1.35. The zero-order chi connectivity index (χ0) is 17.2. The molecule has 6 nitrogen and oxygen atoms in total. The molecule has 0 radical (unpaired) electrons. The maximum Gasteiger partial charge on any atom is 0.263 e. The van der Waals surface area contributed by atoms with Crippen LogP contribution in [-0.2, 0) is 10.0 Å². The molecule has 2 unspecified atom stereocenters. The Kier molecular flexibility index (Phi) is 5.29. The van der Waals surface area contributed by atoms with E-state index < -0.39 is 10.0 Å². The molecule has 2 heterocycles. The predicted octanol–water partition coefficient (Wildman–Crippen LogP) is 2.97. The second-order valence-electron chi connectivity index (χ2n) is 5.66. The minimum Gasteiger partial charge on any atom is -0.488 e. The molecule has 9 heteroatoms. The molecule has 1 fully saturated rings. The van der Waals surface area contributed by atoms with Crippen LogP contribution in [0.1, 0.15) is 13.3 Å². The van der Waals surface area contributed by atoms with Gasteiger partial charge in [-0.15, -0.1) is 11.3 Å². The minimum atomic E-state index is -3.72. The van der Waals surface area contributed by atoms with Gasteiger partial charge >= 0.3 is 0 Å². The number of rotatable bonds is 5. The zero-order valence-corrected chi connectivity index (χ0v) is 15.4. The van der Waals surface area contributed by atoms with Crippen LogP contribution in [0.25, 0.3) is 0 Å². The van der Waals surface area contributed by atoms with Crippen LogP contribution in [-0.4, -0.2) is 32.6 Å². The summed E-state index contributed by atoms with van der Waals surface area (Å²) in [7, 11) is -3.72. The van der Waals surface area contributed by atoms with E-state index in [1.807, 2.05) is 0 Å². The van der Waals surface area contributed by atoms with Crippen molar-refractivity contribution in [3.8, 4) is 5.75 Å². The summed E-state index contributed by atoms with van der Waals surface area (Å²) in [6, 6.07) is 4.50. The van der Waals surface area contributed by atoms with Crippen LogP contribution < -0.4 is 14.8 Å². The quantitative estimate of drug-likeness (QED) is 0.824. The number of nitrogens with zero attached hydrogens (tertiary/aromatic N) is 1. The van der Waals surface area contributed by atoms with Crippen LogP contribution in [0, 0.1) is 5.92 Å². The highest BCUT2D eigenvalue weighted by atomic mass is 35.5. The number of hydrogen-bond acceptors (Lipinski definition) is 6. The van der Waals surface area contributed by atoms with Crippen molar-refractivity contribution in [1.82, 2.24) is 10.3 Å². The van der Waals surface area contributed by atoms with E-state index in [-0.39, 0.29) is 16.0 Å². The molecule has 1 aromatic heterocycles. The third kappa shape index (κ3) is 4.00. The first-order valence-corrected chi connectivity index (χ1v) is 10.3. The van der Waals surface area contributed by atoms with Crippen molar-refractivity contribution >= 4 is 38.1 Å². The number of aromatic nitrogens is 1. The van der Waals surface area contributed by atoms with Gasteiger partial charge in [-0.3, -0.25) is 4.72 Å². The van der Waals surface area contributed by atoms with Gasteiger partial charge in [0.05, 0.1) is 9.92 Å². The van der Waals surface area contributed by atoms with Crippen LogP contribution in [0.15, 0.2) is 34.7 Å². The number of piperidine rings is 1. The van der Waals surface area contributed by atoms with E-state index in [0.717, 1.165) is 19.5 Å². The maximum absolute atomic E-state index is 12.4. The average molecular weight is 388 g/mol. The third-order valence-corrected chi connectivity index (χ3v) is 6.30. The molecule has 2 N–H and O–H groups in total. The van der Waals surface area contributed by atoms with E-state index in [0.29, 0.717) is 16.8 Å². The number of anilines is 1. The van der Waals surface area contributed by atoms with Gasteiger partial charge in [0.25, 0.3) is 10.0 Å². The molecule has 0 bridgehead atoms. The fourth-order valence-electron chi connectivity index (χ4n) is 2.52. The fourth-order valence-corrected chi connectivity index (χ4v) is 4.62. The summed E-state index contributed by atoms with van der Waals surface area (Å²) >= 11 is 7.45. The smallest absolute Gasteiger partial charge is 0.263 e. The van der Waals surface area contributed by atoms with E-state index in [9.17, 15) is 8.42 Å². The summed E-state index contributed by atoms with van der Waals surface area (Å²) in [5.41, 5.74) is 0. The molecule has 130 valence electrons. The van der Waals surface area contributed by atoms with Crippen molar-refractivity contribution in [3.05, 3.63) is 34.8 Å². The molecule has 1 aromatic carbocycles. The third-order valence-electron chi connectivity index (χ3n) is 3.85. The lowest BCUT2D eigenvalue weighted by Crippen LogP contribution is -2.41. The van der Waals surface area contributed by atoms with Gasteiger partial charge in [0.2, 0.25) is 0 Å². The van der Waals surface area contributed by atoms with Crippen LogP contribution in [0.5, 0.6) is 5.75 Å². The highest BCUT2D eigenvalue weighted by molar-refractivity contribution is 7.93. The van der Waals surface area contributed by atoms with Crippen LogP contribution in [0.3, 0.4) is 0 Å². The fraction of sp³-hybridized carbons (Fsp3) is 0.400. The molecular formula is C15H18ClN3O3S2. The average Bonchev–Trinajstić information content (AvgIpc) is 3.03. The molecule has 0 spiro atoms. The van der Waals surface area contributed by atoms with Gasteiger partial charge in [-0.05, 0) is 31.2 Å². The van der Waals surface area contributed by atoms with Crippen molar-refractivity contribution in [3.63, 3.8) is 0 Å². The normalized spacial score (nSPS) is 21.4. The maximum atomic E-state index is 12.4. The number of benzene rings is 1. The van der Waals surface area contributed by atoms with Crippen LogP contribution >= 0.6 is 22.9 Å². The standard InChI is InChI=1S/C15H18ClN3O3S2/c1-10-9-17-5-4-13(10)22-14-3-2-11(8-12(14)16)24(20,21)19-15-18-6-7-23-15/h2-3,6-8,10,13,17H,4-5,9H2,1H3,(H,18,19). The molecule has 0 aliphatic carbocycles. The molecule has 3 rings (SSSR count). The Bertz CT molecular complexity index is 796. The highest BCUT2D eigenvalue weighted by Crippen LogP contribution is 2.31. The van der Waals surface area contributed by atoms with E-state index in [1.54, 1.807) is 11.4 Å². The second-order valence-corrected chi connectivity index (χ2v) is 8.65. The summed E-state index contributed by atoms with van der Waals surface area (Å²) in [5.74, 6) is 0.869. The summed E-state index contributed by atoms with van der Waals surface area (Å²) < 4.78 is 33.1. The summed E-state index contributed by atoms with van der Waals surface area (Å²) in [6.07, 6.45) is 2.50. The highest BCUT2D eigenvalue weighted by Gasteiger charge is 2.24. The van der Waals surface area contributed by atoms with Gasteiger partial charge < -0.3 is 10.1 Å². The number of nitrogens with one attached hydrogen (secondary N) is 2. The molecule has 1 aliphatic heterocycles. The summed E-state index contributed by atoms with van der Waals surface area (Å²) in [5, 5.41) is 5.60. The molecule has 1 aliphatic rings. The number of halogens is 1. The lowest BCUT2D eigenvalue weighted by Gasteiger charge is -2.30. The Morgan fingerprint density at radius 1 is 1.46 bits per heavy atom. The Morgan fingerprint density at radius 3 is 2.96 bits per heavy atom. The molecule has 0 saturated carbocycles. The van der Waals surface area contributed by atoms with E-state index in [1.165, 1.54) is 29.7 Å². The lowest BCUT2D eigenvalue weighted by atomic mass is 9.98. The lowest BCUT2D eigenvalue weighted by molar-refractivity contribution is 0.112. The number of hydrogen-bond donors (Lipinski definition) is 2.